The van der Waals surface area contributed by atoms with Crippen molar-refractivity contribution in [3.05, 3.63) is 12.7 Å². The summed E-state index contributed by atoms with van der Waals surface area (Å²) < 4.78 is 1.68. The third-order valence-electron chi connectivity index (χ3n) is 0.883. The smallest absolute Gasteiger partial charge is 0.0263 e. The first-order valence-corrected chi connectivity index (χ1v) is 2.58. The van der Waals surface area contributed by atoms with Gasteiger partial charge in [0.15, 0.2) is 0 Å². The minimum absolute atomic E-state index is 0. The van der Waals surface area contributed by atoms with Gasteiger partial charge in [0, 0.05) is 26.5 Å². The van der Waals surface area contributed by atoms with Crippen LogP contribution >= 0.6 is 0 Å². The molecule has 0 aliphatic carbocycles. The number of rotatable bonds is 1. The second-order valence-electron chi connectivity index (χ2n) is 1.90. The minimum Gasteiger partial charge on any atom is -0.421 e. The summed E-state index contributed by atoms with van der Waals surface area (Å²) in [6.45, 7) is 4.07. The Labute approximate surface area is 68.1 Å². The topological polar surface area (TPSA) is 30.7 Å². The van der Waals surface area contributed by atoms with Crippen molar-refractivity contribution < 1.29 is 20.4 Å². The Morgan fingerprint density at radius 1 is 1.56 bits per heavy atom. The quantitative estimate of drug-likeness (QED) is 0.713. The number of nitrogens with zero attached hydrogens (tertiary/aromatic N) is 3. The zero-order chi connectivity index (χ0) is 5.98. The van der Waals surface area contributed by atoms with E-state index in [1.165, 1.54) is 6.33 Å². The molecule has 51 valence electrons. The van der Waals surface area contributed by atoms with Crippen molar-refractivity contribution >= 4 is 0 Å². The molecule has 0 spiro atoms. The number of aromatic nitrogens is 3. The Morgan fingerprint density at radius 3 is 2.44 bits per heavy atom. The van der Waals surface area contributed by atoms with Crippen molar-refractivity contribution in [3.8, 4) is 0 Å². The molecule has 3 nitrogen and oxygen atoms in total. The summed E-state index contributed by atoms with van der Waals surface area (Å²) in [5.41, 5.74) is 0. The summed E-state index contributed by atoms with van der Waals surface area (Å²) in [6.07, 6.45) is 4.18. The Hall–Kier alpha value is -0.198. The average Bonchev–Trinajstić information content (AvgIpc) is 2.12. The maximum atomic E-state index is 3.87. The Balaban J connectivity index is 0.000000640. The molecule has 1 radical (unpaired) electrons. The van der Waals surface area contributed by atoms with Gasteiger partial charge in [-0.05, 0) is 26.5 Å². The minimum atomic E-state index is 0. The van der Waals surface area contributed by atoms with Crippen LogP contribution in [0.3, 0.4) is 0 Å². The van der Waals surface area contributed by atoms with Crippen LogP contribution in [0.1, 0.15) is 19.9 Å². The van der Waals surface area contributed by atoms with Gasteiger partial charge in [-0.15, -0.1) is 0 Å². The van der Waals surface area contributed by atoms with Crippen LogP contribution in [0.15, 0.2) is 6.33 Å². The van der Waals surface area contributed by atoms with Crippen molar-refractivity contribution in [1.82, 2.24) is 14.8 Å². The molecule has 0 aromatic carbocycles. The second kappa shape index (κ2) is 3.76. The van der Waals surface area contributed by atoms with E-state index in [0.717, 1.165) is 0 Å². The molecule has 1 heterocycles. The summed E-state index contributed by atoms with van der Waals surface area (Å²) in [7, 11) is 0. The first kappa shape index (κ1) is 8.80. The van der Waals surface area contributed by atoms with Crippen LogP contribution in [0, 0.1) is 6.33 Å². The maximum Gasteiger partial charge on any atom is 0.0263 e. The Kier molecular flexibility index (Phi) is 3.67. The van der Waals surface area contributed by atoms with E-state index < -0.39 is 0 Å². The van der Waals surface area contributed by atoms with Gasteiger partial charge in [0.05, 0.1) is 0 Å². The molecule has 1 aromatic heterocycles. The van der Waals surface area contributed by atoms with E-state index in [0.29, 0.717) is 6.04 Å². The van der Waals surface area contributed by atoms with Gasteiger partial charge in [0.2, 0.25) is 0 Å². The van der Waals surface area contributed by atoms with E-state index in [4.69, 9.17) is 0 Å². The molecule has 9 heavy (non-hydrogen) atoms. The van der Waals surface area contributed by atoms with E-state index in [1.54, 1.807) is 4.68 Å². The van der Waals surface area contributed by atoms with E-state index in [2.05, 4.69) is 16.4 Å². The fourth-order valence-electron chi connectivity index (χ4n) is 0.441. The van der Waals surface area contributed by atoms with E-state index in [-0.39, 0.29) is 20.4 Å². The fraction of sp³-hybridized carbons (Fsp3) is 0.600. The summed E-state index contributed by atoms with van der Waals surface area (Å²) in [6, 6.07) is 0.373. The van der Waals surface area contributed by atoms with Gasteiger partial charge in [-0.25, -0.2) is 0 Å². The standard InChI is InChI=1S/C5H8N3.Re/c1-5(2)8-4-6-3-7-8;/h3,5H,1-2H3;/q-1;. The third-order valence-corrected chi connectivity index (χ3v) is 0.883. The molecule has 0 saturated heterocycles. The largest absolute Gasteiger partial charge is 0.421 e. The molecule has 0 aliphatic heterocycles. The second-order valence-corrected chi connectivity index (χ2v) is 1.90. The molecular formula is C5H8N3Re-. The van der Waals surface area contributed by atoms with Gasteiger partial charge >= 0.3 is 0 Å². The number of hydrogen-bond acceptors (Lipinski definition) is 2. The van der Waals surface area contributed by atoms with Crippen LogP contribution in [0.2, 0.25) is 0 Å². The van der Waals surface area contributed by atoms with Crippen LogP contribution < -0.4 is 0 Å². The molecule has 0 atom stereocenters. The zero-order valence-corrected chi connectivity index (χ0v) is 8.09. The molecule has 0 unspecified atom stereocenters. The molecule has 0 aliphatic rings. The van der Waals surface area contributed by atoms with Gasteiger partial charge in [0.1, 0.15) is 0 Å². The summed E-state index contributed by atoms with van der Waals surface area (Å²) >= 11 is 0. The van der Waals surface area contributed by atoms with Crippen molar-refractivity contribution in [1.29, 1.82) is 0 Å². The van der Waals surface area contributed by atoms with Gasteiger partial charge < -0.3 is 9.67 Å². The molecule has 4 heteroatoms. The monoisotopic (exact) mass is 297 g/mol. The van der Waals surface area contributed by atoms with Gasteiger partial charge in [-0.1, -0.05) is 0 Å². The molecule has 0 N–H and O–H groups in total. The third kappa shape index (κ3) is 2.25. The average molecular weight is 296 g/mol. The number of hydrogen-bond donors (Lipinski definition) is 0. The predicted octanol–water partition coefficient (Wildman–Crippen LogP) is 0.657. The van der Waals surface area contributed by atoms with Crippen molar-refractivity contribution in [2.45, 2.75) is 19.9 Å². The van der Waals surface area contributed by atoms with E-state index in [1.807, 2.05) is 13.8 Å². The normalized spacial score (nSPS) is 9.22. The Bertz CT molecular complexity index is 147. The van der Waals surface area contributed by atoms with Gasteiger partial charge in [0.25, 0.3) is 0 Å². The summed E-state index contributed by atoms with van der Waals surface area (Å²) in [4.78, 5) is 3.67. The van der Waals surface area contributed by atoms with E-state index >= 15 is 0 Å². The molecule has 0 fully saturated rings. The molecule has 0 saturated carbocycles. The van der Waals surface area contributed by atoms with Crippen molar-refractivity contribution in [2.24, 2.45) is 0 Å². The van der Waals surface area contributed by atoms with Crippen LogP contribution in [-0.4, -0.2) is 14.8 Å². The molecular weight excluding hydrogens is 288 g/mol. The molecule has 1 aromatic rings. The van der Waals surface area contributed by atoms with Crippen LogP contribution in [0.4, 0.5) is 0 Å². The van der Waals surface area contributed by atoms with Crippen LogP contribution in [0.25, 0.3) is 0 Å². The zero-order valence-electron chi connectivity index (χ0n) is 5.37. The van der Waals surface area contributed by atoms with Gasteiger partial charge in [-0.2, -0.15) is 0 Å². The van der Waals surface area contributed by atoms with Gasteiger partial charge in [-0.3, -0.25) is 5.10 Å². The first-order chi connectivity index (χ1) is 3.80. The summed E-state index contributed by atoms with van der Waals surface area (Å²) in [5, 5.41) is 3.87. The maximum absolute atomic E-state index is 3.87. The first-order valence-electron chi connectivity index (χ1n) is 2.58. The molecule has 0 bridgehead atoms. The predicted molar refractivity (Wildman–Crippen MR) is 29.2 cm³/mol. The van der Waals surface area contributed by atoms with Crippen LogP contribution in [0.5, 0.6) is 0 Å². The SMILES string of the molecule is CC(C)n1[c-]ncn1.[Re]. The van der Waals surface area contributed by atoms with Crippen molar-refractivity contribution in [3.63, 3.8) is 0 Å². The van der Waals surface area contributed by atoms with Crippen molar-refractivity contribution in [2.75, 3.05) is 0 Å². The summed E-state index contributed by atoms with van der Waals surface area (Å²) in [5.74, 6) is 0. The molecule has 1 rings (SSSR count). The van der Waals surface area contributed by atoms with E-state index in [9.17, 15) is 0 Å². The van der Waals surface area contributed by atoms with Crippen LogP contribution in [-0.2, 0) is 20.4 Å². The fourth-order valence-corrected chi connectivity index (χ4v) is 0.441. The molecule has 0 amide bonds. The Morgan fingerprint density at radius 2 is 2.22 bits per heavy atom.